The molecule has 2 heterocycles. The van der Waals surface area contributed by atoms with Crippen LogP contribution in [0.25, 0.3) is 11.1 Å². The monoisotopic (exact) mass is 528 g/mol. The molecule has 10 heteroatoms. The molecule has 0 fully saturated rings. The molecule has 0 radical (unpaired) electrons. The molecule has 0 aliphatic heterocycles. The smallest absolute Gasteiger partial charge is 0.341 e. The second kappa shape index (κ2) is 11.0. The van der Waals surface area contributed by atoms with E-state index in [0.717, 1.165) is 21.6 Å². The number of nitrogens with zero attached hydrogens (tertiary/aromatic N) is 2. The summed E-state index contributed by atoms with van der Waals surface area (Å²) in [6.07, 6.45) is 3.38. The summed E-state index contributed by atoms with van der Waals surface area (Å²) in [5.74, 6) is -0.801. The van der Waals surface area contributed by atoms with Gasteiger partial charge in [0, 0.05) is 21.7 Å². The molecule has 0 atom stereocenters. The molecular weight excluding hydrogens is 507 g/mol. The average Bonchev–Trinajstić information content (AvgIpc) is 3.39. The first-order valence-corrected chi connectivity index (χ1v) is 12.4. The summed E-state index contributed by atoms with van der Waals surface area (Å²) in [4.78, 5) is 13.8. The van der Waals surface area contributed by atoms with Crippen LogP contribution in [0.1, 0.15) is 27.7 Å². The lowest BCUT2D eigenvalue weighted by Gasteiger charge is -2.11. The van der Waals surface area contributed by atoms with Gasteiger partial charge in [-0.3, -0.25) is 4.68 Å². The minimum atomic E-state index is -0.412. The number of aryl methyl sites for hydroxylation is 1. The molecule has 2 N–H and O–H groups in total. The Morgan fingerprint density at radius 1 is 1.23 bits per heavy atom. The quantitative estimate of drug-likeness (QED) is 0.204. The summed E-state index contributed by atoms with van der Waals surface area (Å²) in [6.45, 7) is 4.37. The van der Waals surface area contributed by atoms with Crippen LogP contribution in [0.4, 0.5) is 15.1 Å². The summed E-state index contributed by atoms with van der Waals surface area (Å²) in [6, 6.07) is 14.0. The first kappa shape index (κ1) is 24.8. The van der Waals surface area contributed by atoms with Crippen LogP contribution >= 0.6 is 35.2 Å². The Morgan fingerprint density at radius 3 is 2.71 bits per heavy atom. The van der Waals surface area contributed by atoms with Gasteiger partial charge in [-0.15, -0.1) is 11.3 Å². The van der Waals surface area contributed by atoms with Gasteiger partial charge in [0.15, 0.2) is 5.11 Å². The van der Waals surface area contributed by atoms with Crippen molar-refractivity contribution < 1.29 is 13.9 Å². The van der Waals surface area contributed by atoms with Gasteiger partial charge < -0.3 is 15.4 Å². The Bertz CT molecular complexity index is 1370. The van der Waals surface area contributed by atoms with E-state index in [1.54, 1.807) is 30.1 Å². The molecule has 0 aliphatic rings. The van der Waals surface area contributed by atoms with Crippen LogP contribution in [-0.2, 0) is 11.3 Å². The third-order valence-electron chi connectivity index (χ3n) is 5.09. The molecule has 6 nitrogen and oxygen atoms in total. The van der Waals surface area contributed by atoms with Crippen molar-refractivity contribution in [3.63, 3.8) is 0 Å². The Labute approximate surface area is 216 Å². The number of esters is 1. The molecule has 4 rings (SSSR count). The van der Waals surface area contributed by atoms with Crippen LogP contribution in [0.2, 0.25) is 5.02 Å². The van der Waals surface area contributed by atoms with E-state index in [-0.39, 0.29) is 12.4 Å². The van der Waals surface area contributed by atoms with Gasteiger partial charge in [0.25, 0.3) is 0 Å². The summed E-state index contributed by atoms with van der Waals surface area (Å²) in [5, 5.41) is 11.8. The normalized spacial score (nSPS) is 10.7. The van der Waals surface area contributed by atoms with Crippen LogP contribution in [-0.4, -0.2) is 27.5 Å². The highest BCUT2D eigenvalue weighted by molar-refractivity contribution is 7.80. The Balaban J connectivity index is 1.52. The van der Waals surface area contributed by atoms with Gasteiger partial charge in [0.05, 0.1) is 25.0 Å². The minimum Gasteiger partial charge on any atom is -0.462 e. The number of carbonyl (C=O) groups excluding carboxylic acids is 1. The predicted octanol–water partition coefficient (Wildman–Crippen LogP) is 6.75. The van der Waals surface area contributed by atoms with E-state index in [0.29, 0.717) is 32.9 Å². The fraction of sp³-hybridized carbons (Fsp3) is 0.160. The zero-order chi connectivity index (χ0) is 24.9. The number of ether oxygens (including phenoxy) is 1. The maximum atomic E-state index is 13.3. The van der Waals surface area contributed by atoms with Crippen molar-refractivity contribution in [1.82, 2.24) is 9.78 Å². The maximum Gasteiger partial charge on any atom is 0.341 e. The number of carbonyl (C=O) groups is 1. The molecule has 0 amide bonds. The average molecular weight is 529 g/mol. The molecule has 0 saturated carbocycles. The van der Waals surface area contributed by atoms with Gasteiger partial charge in [-0.25, -0.2) is 9.18 Å². The molecule has 180 valence electrons. The summed E-state index contributed by atoms with van der Waals surface area (Å²) < 4.78 is 20.3. The number of hydrogen-bond acceptors (Lipinski definition) is 5. The van der Waals surface area contributed by atoms with Crippen LogP contribution in [0.15, 0.2) is 60.9 Å². The van der Waals surface area contributed by atoms with Crippen LogP contribution in [0.3, 0.4) is 0 Å². The van der Waals surface area contributed by atoms with Gasteiger partial charge in [0.2, 0.25) is 0 Å². The van der Waals surface area contributed by atoms with E-state index in [1.807, 2.05) is 37.3 Å². The zero-order valence-electron chi connectivity index (χ0n) is 19.0. The molecule has 0 spiro atoms. The Morgan fingerprint density at radius 2 is 2.00 bits per heavy atom. The molecule has 35 heavy (non-hydrogen) atoms. The molecule has 0 unspecified atom stereocenters. The zero-order valence-corrected chi connectivity index (χ0v) is 21.4. The van der Waals surface area contributed by atoms with E-state index in [1.165, 1.54) is 23.5 Å². The highest BCUT2D eigenvalue weighted by Gasteiger charge is 2.25. The number of aromatic nitrogens is 2. The lowest BCUT2D eigenvalue weighted by molar-refractivity contribution is 0.0529. The Hall–Kier alpha value is -3.27. The molecule has 0 aliphatic carbocycles. The number of rotatable bonds is 7. The predicted molar refractivity (Wildman–Crippen MR) is 143 cm³/mol. The second-order valence-electron chi connectivity index (χ2n) is 7.57. The summed E-state index contributed by atoms with van der Waals surface area (Å²) in [5.41, 5.74) is 3.59. The topological polar surface area (TPSA) is 68.2 Å². The maximum absolute atomic E-state index is 13.3. The molecule has 0 bridgehead atoms. The fourth-order valence-electron chi connectivity index (χ4n) is 3.59. The number of anilines is 2. The second-order valence-corrected chi connectivity index (χ2v) is 9.61. The van der Waals surface area contributed by atoms with Gasteiger partial charge in [0.1, 0.15) is 16.4 Å². The van der Waals surface area contributed by atoms with Crippen molar-refractivity contribution in [2.75, 3.05) is 17.2 Å². The number of halogens is 2. The van der Waals surface area contributed by atoms with Gasteiger partial charge in [-0.2, -0.15) is 5.10 Å². The van der Waals surface area contributed by atoms with Gasteiger partial charge in [-0.1, -0.05) is 48.0 Å². The van der Waals surface area contributed by atoms with Crippen molar-refractivity contribution in [3.05, 3.63) is 87.8 Å². The van der Waals surface area contributed by atoms with E-state index in [4.69, 9.17) is 28.6 Å². The number of thiophene rings is 1. The summed E-state index contributed by atoms with van der Waals surface area (Å²) >= 11 is 13.1. The van der Waals surface area contributed by atoms with Crippen molar-refractivity contribution in [2.45, 2.75) is 20.4 Å². The SMILES string of the molecule is CCOC(=O)c1c(NC(=S)Nc2cnn(Cc3ccc(F)cc3Cl)c2)sc(C)c1-c1ccccc1. The van der Waals surface area contributed by atoms with Gasteiger partial charge in [-0.05, 0) is 49.3 Å². The van der Waals surface area contributed by atoms with E-state index in [9.17, 15) is 9.18 Å². The van der Waals surface area contributed by atoms with Crippen LogP contribution in [0.5, 0.6) is 0 Å². The Kier molecular flexibility index (Phi) is 7.80. The largest absolute Gasteiger partial charge is 0.462 e. The number of benzene rings is 2. The number of thiocarbonyl (C=S) groups is 1. The van der Waals surface area contributed by atoms with E-state index in [2.05, 4.69) is 15.7 Å². The molecule has 4 aromatic rings. The third-order valence-corrected chi connectivity index (χ3v) is 6.67. The molecular formula is C25H22ClFN4O2S2. The van der Waals surface area contributed by atoms with Crippen molar-refractivity contribution >= 4 is 56.9 Å². The summed E-state index contributed by atoms with van der Waals surface area (Å²) in [7, 11) is 0. The van der Waals surface area contributed by atoms with Gasteiger partial charge >= 0.3 is 5.97 Å². The third kappa shape index (κ3) is 5.87. The highest BCUT2D eigenvalue weighted by atomic mass is 35.5. The lowest BCUT2D eigenvalue weighted by atomic mass is 10.0. The highest BCUT2D eigenvalue weighted by Crippen LogP contribution is 2.40. The standard InChI is InChI=1S/C25H22ClFN4O2S2/c1-3-33-24(32)22-21(16-7-5-4-6-8-16)15(2)35-23(22)30-25(34)29-19-12-28-31(14-19)13-17-9-10-18(27)11-20(17)26/h4-12,14H,3,13H2,1-2H3,(H2,29,30,34). The fourth-order valence-corrected chi connectivity index (χ4v) is 5.17. The minimum absolute atomic E-state index is 0.265. The van der Waals surface area contributed by atoms with Crippen molar-refractivity contribution in [3.8, 4) is 11.1 Å². The van der Waals surface area contributed by atoms with E-state index >= 15 is 0 Å². The van der Waals surface area contributed by atoms with Crippen LogP contribution < -0.4 is 10.6 Å². The molecule has 2 aromatic heterocycles. The van der Waals surface area contributed by atoms with Crippen molar-refractivity contribution in [2.24, 2.45) is 0 Å². The van der Waals surface area contributed by atoms with E-state index < -0.39 is 5.97 Å². The van der Waals surface area contributed by atoms with Crippen LogP contribution in [0, 0.1) is 12.7 Å². The first-order valence-electron chi connectivity index (χ1n) is 10.8. The lowest BCUT2D eigenvalue weighted by Crippen LogP contribution is -2.20. The first-order chi connectivity index (χ1) is 16.9. The molecule has 0 saturated heterocycles. The number of hydrogen-bond donors (Lipinski definition) is 2. The van der Waals surface area contributed by atoms with Crippen molar-refractivity contribution in [1.29, 1.82) is 0 Å². The number of nitrogens with one attached hydrogen (secondary N) is 2. The molecule has 2 aromatic carbocycles.